The smallest absolute Gasteiger partial charge is 0.478 e. The van der Waals surface area contributed by atoms with E-state index in [1.807, 2.05) is 13.8 Å². The van der Waals surface area contributed by atoms with E-state index in [1.54, 1.807) is 0 Å². The van der Waals surface area contributed by atoms with Gasteiger partial charge in [0.05, 0.1) is 27.7 Å². The molecule has 0 bridgehead atoms. The monoisotopic (exact) mass is 386 g/mol. The number of hydrogen-bond acceptors (Lipinski definition) is 5. The van der Waals surface area contributed by atoms with E-state index in [2.05, 4.69) is 19.8 Å². The van der Waals surface area contributed by atoms with Crippen LogP contribution < -0.4 is 4.74 Å². The van der Waals surface area contributed by atoms with Crippen LogP contribution in [0.15, 0.2) is 29.4 Å². The first kappa shape index (κ1) is 18.1. The second-order valence-corrected chi connectivity index (χ2v) is 7.19. The number of carboxylic acids is 1. The van der Waals surface area contributed by atoms with E-state index < -0.39 is 12.3 Å². The summed E-state index contributed by atoms with van der Waals surface area (Å²) in [5, 5.41) is 12.9. The Morgan fingerprint density at radius 3 is 2.69 bits per heavy atom. The molecule has 0 saturated heterocycles. The zero-order valence-corrected chi connectivity index (χ0v) is 14.4. The van der Waals surface area contributed by atoms with E-state index in [0.717, 1.165) is 6.20 Å². The molecule has 0 unspecified atom stereocenters. The van der Waals surface area contributed by atoms with Crippen LogP contribution in [-0.4, -0.2) is 42.4 Å². The number of nitrogens with one attached hydrogen (secondary N) is 1. The van der Waals surface area contributed by atoms with Gasteiger partial charge in [-0.25, -0.2) is 14.5 Å². The molecule has 2 aromatic heterocycles. The minimum Gasteiger partial charge on any atom is -0.478 e. The number of fused-ring (bicyclic) bond motifs is 1. The van der Waals surface area contributed by atoms with Gasteiger partial charge in [0.1, 0.15) is 5.75 Å². The molecule has 3 rings (SSSR count). The number of hydrogen-bond donors (Lipinski definition) is 2. The van der Waals surface area contributed by atoms with Gasteiger partial charge in [0.2, 0.25) is 5.95 Å². The average molecular weight is 386 g/mol. The van der Waals surface area contributed by atoms with Crippen molar-refractivity contribution >= 4 is 28.8 Å². The lowest BCUT2D eigenvalue weighted by Crippen LogP contribution is -2.17. The lowest BCUT2D eigenvalue weighted by molar-refractivity contribution is -0.275. The number of benzene rings is 1. The molecule has 0 amide bonds. The fraction of sp³-hybridized carbons (Fsp3) is 0.267. The number of imidazole rings is 1. The Balaban J connectivity index is 2.06. The van der Waals surface area contributed by atoms with Crippen molar-refractivity contribution < 1.29 is 27.8 Å². The second kappa shape index (κ2) is 6.56. The summed E-state index contributed by atoms with van der Waals surface area (Å²) < 4.78 is 43.3. The normalized spacial score (nSPS) is 12.1. The first-order valence-corrected chi connectivity index (χ1v) is 8.25. The molecule has 0 fully saturated rings. The number of carbonyl (C=O) groups is 1. The van der Waals surface area contributed by atoms with Gasteiger partial charge in [-0.1, -0.05) is 13.8 Å². The molecule has 11 heteroatoms. The molecule has 1 aromatic carbocycles. The maximum atomic E-state index is 12.7. The zero-order chi connectivity index (χ0) is 19.1. The molecule has 138 valence electrons. The second-order valence-electron chi connectivity index (χ2n) is 5.57. The van der Waals surface area contributed by atoms with Gasteiger partial charge in [-0.3, -0.25) is 0 Å². The number of halogens is 3. The molecule has 0 aliphatic heterocycles. The summed E-state index contributed by atoms with van der Waals surface area (Å²) in [5.74, 6) is -1.31. The highest BCUT2D eigenvalue weighted by Crippen LogP contribution is 2.38. The standard InChI is InChI=1S/C15H13F3N4O3S/c1-7(2)26-12-4-10-9(3-11(12)25-15(16,17)18)20-14(21-10)22-6-8(5-19-22)13(23)24/h3-7H,1-2H3,(H,20,21)(H,23,24). The molecule has 0 radical (unpaired) electrons. The van der Waals surface area contributed by atoms with Gasteiger partial charge < -0.3 is 14.8 Å². The SMILES string of the molecule is CC(C)Sc1cc2[nH]c(-n3cc(C(=O)O)cn3)nc2cc1OC(F)(F)F. The van der Waals surface area contributed by atoms with E-state index >= 15 is 0 Å². The number of aromatic nitrogens is 4. The van der Waals surface area contributed by atoms with Crippen LogP contribution in [0.1, 0.15) is 24.2 Å². The number of alkyl halides is 3. The van der Waals surface area contributed by atoms with Crippen molar-refractivity contribution in [2.75, 3.05) is 0 Å². The maximum Gasteiger partial charge on any atom is 0.573 e. The third kappa shape index (κ3) is 3.93. The van der Waals surface area contributed by atoms with Crippen LogP contribution in [0, 0.1) is 0 Å². The zero-order valence-electron chi connectivity index (χ0n) is 13.5. The third-order valence-electron chi connectivity index (χ3n) is 3.17. The van der Waals surface area contributed by atoms with Crippen LogP contribution in [-0.2, 0) is 0 Å². The predicted octanol–water partition coefficient (Wildman–Crippen LogP) is 3.85. The molecule has 0 atom stereocenters. The molecular formula is C15H13F3N4O3S. The van der Waals surface area contributed by atoms with E-state index in [1.165, 1.54) is 34.8 Å². The summed E-state index contributed by atoms with van der Waals surface area (Å²) in [6.45, 7) is 3.70. The van der Waals surface area contributed by atoms with Gasteiger partial charge in [-0.2, -0.15) is 5.10 Å². The highest BCUT2D eigenvalue weighted by atomic mass is 32.2. The van der Waals surface area contributed by atoms with Crippen molar-refractivity contribution in [3.8, 4) is 11.7 Å². The summed E-state index contributed by atoms with van der Waals surface area (Å²) in [6.07, 6.45) is -2.43. The van der Waals surface area contributed by atoms with Crippen molar-refractivity contribution in [3.63, 3.8) is 0 Å². The maximum absolute atomic E-state index is 12.7. The Hall–Kier alpha value is -2.69. The number of rotatable bonds is 5. The van der Waals surface area contributed by atoms with Crippen molar-refractivity contribution in [1.29, 1.82) is 0 Å². The highest BCUT2D eigenvalue weighted by Gasteiger charge is 2.32. The summed E-state index contributed by atoms with van der Waals surface area (Å²) in [4.78, 5) is 18.3. The third-order valence-corrected chi connectivity index (χ3v) is 4.21. The molecular weight excluding hydrogens is 373 g/mol. The first-order valence-electron chi connectivity index (χ1n) is 7.37. The van der Waals surface area contributed by atoms with Gasteiger partial charge in [0, 0.05) is 17.5 Å². The summed E-state index contributed by atoms with van der Waals surface area (Å²) >= 11 is 1.22. The molecule has 0 aliphatic carbocycles. The summed E-state index contributed by atoms with van der Waals surface area (Å²) in [5.41, 5.74) is 0.674. The van der Waals surface area contributed by atoms with Crippen LogP contribution in [0.5, 0.6) is 5.75 Å². The number of H-pyrrole nitrogens is 1. The summed E-state index contributed by atoms with van der Waals surface area (Å²) in [7, 11) is 0. The first-order chi connectivity index (χ1) is 12.1. The Kier molecular flexibility index (Phi) is 4.57. The lowest BCUT2D eigenvalue weighted by Gasteiger charge is -2.14. The van der Waals surface area contributed by atoms with Crippen LogP contribution in [0.4, 0.5) is 13.2 Å². The quantitative estimate of drug-likeness (QED) is 0.647. The molecule has 0 saturated carbocycles. The van der Waals surface area contributed by atoms with Crippen LogP contribution >= 0.6 is 11.8 Å². The van der Waals surface area contributed by atoms with Gasteiger partial charge in [0.25, 0.3) is 0 Å². The molecule has 7 nitrogen and oxygen atoms in total. The van der Waals surface area contributed by atoms with E-state index in [4.69, 9.17) is 5.11 Å². The van der Waals surface area contributed by atoms with Gasteiger partial charge >= 0.3 is 12.3 Å². The van der Waals surface area contributed by atoms with E-state index in [9.17, 15) is 18.0 Å². The summed E-state index contributed by atoms with van der Waals surface area (Å²) in [6, 6.07) is 2.70. The molecule has 0 spiro atoms. The topological polar surface area (TPSA) is 93.0 Å². The Bertz CT molecular complexity index is 965. The van der Waals surface area contributed by atoms with E-state index in [-0.39, 0.29) is 28.0 Å². The van der Waals surface area contributed by atoms with Gasteiger partial charge in [-0.05, 0) is 6.07 Å². The molecule has 0 aliphatic rings. The largest absolute Gasteiger partial charge is 0.573 e. The van der Waals surface area contributed by atoms with E-state index in [0.29, 0.717) is 10.4 Å². The van der Waals surface area contributed by atoms with Crippen molar-refractivity contribution in [2.45, 2.75) is 30.4 Å². The molecule has 26 heavy (non-hydrogen) atoms. The minimum atomic E-state index is -4.82. The number of aromatic amines is 1. The molecule has 2 N–H and O–H groups in total. The fourth-order valence-corrected chi connectivity index (χ4v) is 3.12. The van der Waals surface area contributed by atoms with Crippen LogP contribution in [0.25, 0.3) is 17.0 Å². The number of aromatic carboxylic acids is 1. The van der Waals surface area contributed by atoms with Crippen molar-refractivity contribution in [1.82, 2.24) is 19.7 Å². The average Bonchev–Trinajstić information content (AvgIpc) is 3.11. The van der Waals surface area contributed by atoms with Gasteiger partial charge in [0.15, 0.2) is 0 Å². The van der Waals surface area contributed by atoms with Gasteiger partial charge in [-0.15, -0.1) is 24.9 Å². The minimum absolute atomic E-state index is 0.0367. The molecule has 3 aromatic rings. The number of carboxylic acid groups (broad SMARTS) is 1. The fourth-order valence-electron chi connectivity index (χ4n) is 2.21. The predicted molar refractivity (Wildman–Crippen MR) is 87.9 cm³/mol. The van der Waals surface area contributed by atoms with Crippen LogP contribution in [0.2, 0.25) is 0 Å². The number of ether oxygens (including phenoxy) is 1. The van der Waals surface area contributed by atoms with Crippen molar-refractivity contribution in [2.24, 2.45) is 0 Å². The Labute approximate surface area is 149 Å². The molecule has 2 heterocycles. The Morgan fingerprint density at radius 1 is 1.38 bits per heavy atom. The highest BCUT2D eigenvalue weighted by molar-refractivity contribution is 8.00. The van der Waals surface area contributed by atoms with Crippen LogP contribution in [0.3, 0.4) is 0 Å². The Morgan fingerprint density at radius 2 is 2.12 bits per heavy atom. The number of nitrogens with zero attached hydrogens (tertiary/aromatic N) is 3. The van der Waals surface area contributed by atoms with Crippen molar-refractivity contribution in [3.05, 3.63) is 30.1 Å². The lowest BCUT2D eigenvalue weighted by atomic mass is 10.3. The number of thioether (sulfide) groups is 1.